The maximum Gasteiger partial charge on any atom is 0.293 e. The molecule has 4 rings (SSSR count). The normalized spacial score (nSPS) is 11.0. The molecule has 0 amide bonds. The van der Waals surface area contributed by atoms with Gasteiger partial charge in [0.1, 0.15) is 11.5 Å². The maximum atomic E-state index is 6.05. The average Bonchev–Trinajstić information content (AvgIpc) is 3.36. The number of benzene rings is 1. The Morgan fingerprint density at radius 1 is 1.24 bits per heavy atom. The van der Waals surface area contributed by atoms with Crippen LogP contribution in [0.4, 0.5) is 0 Å². The van der Waals surface area contributed by atoms with Gasteiger partial charge in [0.05, 0.1) is 19.2 Å². The molecule has 0 aliphatic rings. The molecule has 8 heteroatoms. The van der Waals surface area contributed by atoms with Gasteiger partial charge < -0.3 is 13.7 Å². The third kappa shape index (κ3) is 3.14. The smallest absolute Gasteiger partial charge is 0.293 e. The van der Waals surface area contributed by atoms with E-state index >= 15 is 0 Å². The van der Waals surface area contributed by atoms with Crippen LogP contribution in [-0.4, -0.2) is 27.0 Å². The second-order valence-electron chi connectivity index (χ2n) is 5.24. The Labute approximate surface area is 147 Å². The number of halogens is 1. The van der Waals surface area contributed by atoms with Crippen molar-refractivity contribution in [3.05, 3.63) is 59.6 Å². The van der Waals surface area contributed by atoms with Crippen LogP contribution < -0.4 is 4.74 Å². The van der Waals surface area contributed by atoms with E-state index in [4.69, 9.17) is 25.3 Å². The Morgan fingerprint density at radius 3 is 2.96 bits per heavy atom. The van der Waals surface area contributed by atoms with Crippen LogP contribution in [0.25, 0.3) is 23.0 Å². The number of hydrogen-bond donors (Lipinski definition) is 0. The van der Waals surface area contributed by atoms with E-state index in [9.17, 15) is 0 Å². The largest absolute Gasteiger partial charge is 0.496 e. The number of hydrogen-bond acceptors (Lipinski definition) is 6. The van der Waals surface area contributed by atoms with Crippen molar-refractivity contribution in [2.24, 2.45) is 0 Å². The molecule has 1 aromatic carbocycles. The predicted molar refractivity (Wildman–Crippen MR) is 90.3 cm³/mol. The van der Waals surface area contributed by atoms with Gasteiger partial charge in [-0.3, -0.25) is 4.68 Å². The minimum Gasteiger partial charge on any atom is -0.496 e. The Hall–Kier alpha value is -3.06. The minimum atomic E-state index is 0.281. The summed E-state index contributed by atoms with van der Waals surface area (Å²) >= 11 is 6.05. The van der Waals surface area contributed by atoms with Crippen molar-refractivity contribution in [1.29, 1.82) is 0 Å². The zero-order valence-corrected chi connectivity index (χ0v) is 14.0. The molecule has 0 unspecified atom stereocenters. The number of aromatic nitrogens is 4. The monoisotopic (exact) mass is 356 g/mol. The van der Waals surface area contributed by atoms with E-state index in [1.807, 2.05) is 18.3 Å². The molecule has 0 spiro atoms. The molecule has 0 atom stereocenters. The standard InChI is InChI=1S/C17H13ClN4O3/c1-23-14-5-3-11(18)9-13(14)16-20-17(25-21-16)15-6-4-12(24-15)10-22-8-2-7-19-22/h2-9H,10H2,1H3. The van der Waals surface area contributed by atoms with Gasteiger partial charge in [0.15, 0.2) is 5.76 Å². The summed E-state index contributed by atoms with van der Waals surface area (Å²) in [5.74, 6) is 2.49. The molecule has 0 aliphatic carbocycles. The van der Waals surface area contributed by atoms with Crippen LogP contribution in [0.5, 0.6) is 5.75 Å². The summed E-state index contributed by atoms with van der Waals surface area (Å²) in [4.78, 5) is 4.38. The highest BCUT2D eigenvalue weighted by molar-refractivity contribution is 6.30. The van der Waals surface area contributed by atoms with Crippen LogP contribution in [0.3, 0.4) is 0 Å². The van der Waals surface area contributed by atoms with E-state index < -0.39 is 0 Å². The molecule has 0 saturated carbocycles. The lowest BCUT2D eigenvalue weighted by molar-refractivity contribution is 0.405. The van der Waals surface area contributed by atoms with E-state index in [1.165, 1.54) is 0 Å². The average molecular weight is 357 g/mol. The Morgan fingerprint density at radius 2 is 2.16 bits per heavy atom. The molecule has 3 aromatic heterocycles. The van der Waals surface area contributed by atoms with Crippen LogP contribution in [0.1, 0.15) is 5.76 Å². The zero-order valence-electron chi connectivity index (χ0n) is 13.2. The molecule has 0 radical (unpaired) electrons. The summed E-state index contributed by atoms with van der Waals surface area (Å²) in [6, 6.07) is 10.7. The highest BCUT2D eigenvalue weighted by Gasteiger charge is 2.17. The number of ether oxygens (including phenoxy) is 1. The summed E-state index contributed by atoms with van der Waals surface area (Å²) in [5.41, 5.74) is 0.647. The first kappa shape index (κ1) is 15.5. The maximum absolute atomic E-state index is 6.05. The summed E-state index contributed by atoms with van der Waals surface area (Å²) in [7, 11) is 1.57. The van der Waals surface area contributed by atoms with Crippen molar-refractivity contribution >= 4 is 11.6 Å². The van der Waals surface area contributed by atoms with E-state index in [0.717, 1.165) is 5.76 Å². The number of nitrogens with zero attached hydrogens (tertiary/aromatic N) is 4. The molecule has 7 nitrogen and oxygen atoms in total. The van der Waals surface area contributed by atoms with Crippen molar-refractivity contribution in [3.8, 4) is 28.8 Å². The molecule has 0 fully saturated rings. The number of rotatable bonds is 5. The second kappa shape index (κ2) is 6.45. The topological polar surface area (TPSA) is 79.1 Å². The summed E-state index contributed by atoms with van der Waals surface area (Å²) < 4.78 is 18.2. The summed E-state index contributed by atoms with van der Waals surface area (Å²) in [6.07, 6.45) is 3.57. The Kier molecular flexibility index (Phi) is 3.99. The first-order valence-corrected chi connectivity index (χ1v) is 7.85. The summed E-state index contributed by atoms with van der Waals surface area (Å²) in [5, 5.41) is 8.70. The molecule has 0 saturated heterocycles. The fourth-order valence-electron chi connectivity index (χ4n) is 2.42. The molecule has 0 aliphatic heterocycles. The van der Waals surface area contributed by atoms with E-state index in [1.54, 1.807) is 42.3 Å². The van der Waals surface area contributed by atoms with Crippen molar-refractivity contribution in [2.75, 3.05) is 7.11 Å². The van der Waals surface area contributed by atoms with Gasteiger partial charge in [-0.1, -0.05) is 16.8 Å². The SMILES string of the molecule is COc1ccc(Cl)cc1-c1noc(-c2ccc(Cn3cccn3)o2)n1. The molecular formula is C17H13ClN4O3. The van der Waals surface area contributed by atoms with Gasteiger partial charge in [0.25, 0.3) is 5.89 Å². The fourth-order valence-corrected chi connectivity index (χ4v) is 2.59. The lowest BCUT2D eigenvalue weighted by atomic mass is 10.2. The van der Waals surface area contributed by atoms with Crippen molar-refractivity contribution in [1.82, 2.24) is 19.9 Å². The quantitative estimate of drug-likeness (QED) is 0.539. The molecule has 4 aromatic rings. The fraction of sp³-hybridized carbons (Fsp3) is 0.118. The van der Waals surface area contributed by atoms with Crippen LogP contribution in [-0.2, 0) is 6.54 Å². The van der Waals surface area contributed by atoms with Crippen molar-refractivity contribution in [2.45, 2.75) is 6.54 Å². The summed E-state index contributed by atoms with van der Waals surface area (Å²) in [6.45, 7) is 0.524. The third-order valence-electron chi connectivity index (χ3n) is 3.58. The highest BCUT2D eigenvalue weighted by Crippen LogP contribution is 2.32. The van der Waals surface area contributed by atoms with Crippen LogP contribution in [0.15, 0.2) is 57.7 Å². The molecule has 3 heterocycles. The van der Waals surface area contributed by atoms with Gasteiger partial charge >= 0.3 is 0 Å². The van der Waals surface area contributed by atoms with Crippen molar-refractivity contribution in [3.63, 3.8) is 0 Å². The first-order chi connectivity index (χ1) is 12.2. The second-order valence-corrected chi connectivity index (χ2v) is 5.67. The first-order valence-electron chi connectivity index (χ1n) is 7.47. The molecule has 25 heavy (non-hydrogen) atoms. The lowest BCUT2D eigenvalue weighted by Gasteiger charge is -2.04. The molecule has 0 N–H and O–H groups in total. The van der Waals surface area contributed by atoms with Crippen LogP contribution in [0, 0.1) is 0 Å². The van der Waals surface area contributed by atoms with Gasteiger partial charge in [-0.05, 0) is 36.4 Å². The van der Waals surface area contributed by atoms with Crippen LogP contribution in [0.2, 0.25) is 5.02 Å². The van der Waals surface area contributed by atoms with Crippen molar-refractivity contribution < 1.29 is 13.7 Å². The van der Waals surface area contributed by atoms with E-state index in [-0.39, 0.29) is 5.89 Å². The minimum absolute atomic E-state index is 0.281. The van der Waals surface area contributed by atoms with Gasteiger partial charge in [0.2, 0.25) is 5.82 Å². The third-order valence-corrected chi connectivity index (χ3v) is 3.81. The highest BCUT2D eigenvalue weighted by atomic mass is 35.5. The molecule has 0 bridgehead atoms. The number of methoxy groups -OCH3 is 1. The molecular weight excluding hydrogens is 344 g/mol. The van der Waals surface area contributed by atoms with E-state index in [2.05, 4.69) is 15.2 Å². The Bertz CT molecular complexity index is 991. The lowest BCUT2D eigenvalue weighted by Crippen LogP contribution is -1.97. The number of furan rings is 1. The molecule has 126 valence electrons. The van der Waals surface area contributed by atoms with Gasteiger partial charge in [0, 0.05) is 17.4 Å². The van der Waals surface area contributed by atoms with E-state index in [0.29, 0.717) is 34.5 Å². The van der Waals surface area contributed by atoms with Gasteiger partial charge in [-0.2, -0.15) is 10.1 Å². The predicted octanol–water partition coefficient (Wildman–Crippen LogP) is 3.90. The van der Waals surface area contributed by atoms with Gasteiger partial charge in [-0.25, -0.2) is 0 Å². The zero-order chi connectivity index (χ0) is 17.2. The van der Waals surface area contributed by atoms with Crippen LogP contribution >= 0.6 is 11.6 Å². The van der Waals surface area contributed by atoms with Gasteiger partial charge in [-0.15, -0.1) is 0 Å². The Balaban J connectivity index is 1.62.